The van der Waals surface area contributed by atoms with Crippen LogP contribution < -0.4 is 10.2 Å². The van der Waals surface area contributed by atoms with Crippen LogP contribution in [0.25, 0.3) is 0 Å². The third-order valence-electron chi connectivity index (χ3n) is 6.09. The van der Waals surface area contributed by atoms with Crippen LogP contribution in [0.15, 0.2) is 65.8 Å². The zero-order valence-electron chi connectivity index (χ0n) is 20.5. The van der Waals surface area contributed by atoms with Gasteiger partial charge < -0.3 is 10.2 Å². The number of nitrogens with one attached hydrogen (secondary N) is 1. The van der Waals surface area contributed by atoms with Gasteiger partial charge in [-0.25, -0.2) is 9.97 Å². The number of rotatable bonds is 7. The first-order valence-electron chi connectivity index (χ1n) is 12.0. The van der Waals surface area contributed by atoms with Crippen molar-refractivity contribution in [1.29, 1.82) is 0 Å². The van der Waals surface area contributed by atoms with Gasteiger partial charge in [0, 0.05) is 35.9 Å². The lowest BCUT2D eigenvalue weighted by molar-refractivity contribution is 0.0940. The van der Waals surface area contributed by atoms with Crippen molar-refractivity contribution in [3.8, 4) is 0 Å². The van der Waals surface area contributed by atoms with Crippen LogP contribution >= 0.6 is 11.8 Å². The molecule has 34 heavy (non-hydrogen) atoms. The van der Waals surface area contributed by atoms with Crippen LogP contribution in [0.1, 0.15) is 73.8 Å². The van der Waals surface area contributed by atoms with Gasteiger partial charge in [-0.05, 0) is 43.0 Å². The Morgan fingerprint density at radius 1 is 1.03 bits per heavy atom. The summed E-state index contributed by atoms with van der Waals surface area (Å²) in [7, 11) is 0. The monoisotopic (exact) mass is 474 g/mol. The number of aromatic nitrogens is 2. The maximum atomic E-state index is 12.9. The molecule has 5 nitrogen and oxygen atoms in total. The third-order valence-corrected chi connectivity index (χ3v) is 7.01. The second-order valence-corrected chi connectivity index (χ2v) is 10.9. The van der Waals surface area contributed by atoms with Gasteiger partial charge in [0.05, 0.1) is 11.7 Å². The highest BCUT2D eigenvalue weighted by atomic mass is 32.2. The Morgan fingerprint density at radius 2 is 1.76 bits per heavy atom. The van der Waals surface area contributed by atoms with Crippen molar-refractivity contribution in [3.63, 3.8) is 0 Å². The van der Waals surface area contributed by atoms with E-state index in [1.165, 1.54) is 12.8 Å². The number of thioether (sulfide) groups is 1. The fraction of sp³-hybridized carbons (Fsp3) is 0.393. The molecule has 1 N–H and O–H groups in total. The van der Waals surface area contributed by atoms with Gasteiger partial charge in [0.2, 0.25) is 0 Å². The molecule has 0 bridgehead atoms. The van der Waals surface area contributed by atoms with Crippen molar-refractivity contribution < 1.29 is 4.79 Å². The summed E-state index contributed by atoms with van der Waals surface area (Å²) < 4.78 is 0. The second-order valence-electron chi connectivity index (χ2n) is 9.93. The zero-order valence-corrected chi connectivity index (χ0v) is 21.4. The Balaban J connectivity index is 1.46. The quantitative estimate of drug-likeness (QED) is 0.328. The Labute approximate surface area is 207 Å². The number of anilines is 1. The molecular weight excluding hydrogens is 440 g/mol. The van der Waals surface area contributed by atoms with Crippen molar-refractivity contribution in [3.05, 3.63) is 83.0 Å². The smallest absolute Gasteiger partial charge is 0.251 e. The highest BCUT2D eigenvalue weighted by Gasteiger charge is 2.22. The minimum atomic E-state index is -0.0643. The van der Waals surface area contributed by atoms with E-state index >= 15 is 0 Å². The molecule has 1 aliphatic heterocycles. The first-order valence-corrected chi connectivity index (χ1v) is 13.0. The molecule has 3 aromatic rings. The molecule has 1 amide bonds. The number of hydrogen-bond donors (Lipinski definition) is 1. The van der Waals surface area contributed by atoms with Crippen LogP contribution in [0.2, 0.25) is 0 Å². The Morgan fingerprint density at radius 3 is 2.47 bits per heavy atom. The summed E-state index contributed by atoms with van der Waals surface area (Å²) in [4.78, 5) is 25.0. The van der Waals surface area contributed by atoms with E-state index in [0.29, 0.717) is 11.3 Å². The lowest BCUT2D eigenvalue weighted by Crippen LogP contribution is -2.26. The first kappa shape index (κ1) is 24.3. The average Bonchev–Trinajstić information content (AvgIpc) is 3.38. The average molecular weight is 475 g/mol. The van der Waals surface area contributed by atoms with E-state index in [0.717, 1.165) is 40.9 Å². The molecule has 6 heteroatoms. The van der Waals surface area contributed by atoms with E-state index in [1.807, 2.05) is 55.5 Å². The summed E-state index contributed by atoms with van der Waals surface area (Å²) in [6.45, 7) is 10.7. The SMILES string of the molecule is C[C@@H](NC(=O)c1cccc(CSc2nc(N3CCCC3)cc(C(C)(C)C)n2)c1)c1ccccc1. The maximum Gasteiger partial charge on any atom is 0.251 e. The van der Waals surface area contributed by atoms with Crippen molar-refractivity contribution in [2.75, 3.05) is 18.0 Å². The van der Waals surface area contributed by atoms with E-state index in [-0.39, 0.29) is 17.4 Å². The molecule has 178 valence electrons. The lowest BCUT2D eigenvalue weighted by Gasteiger charge is -2.23. The zero-order chi connectivity index (χ0) is 24.1. The van der Waals surface area contributed by atoms with Gasteiger partial charge in [-0.2, -0.15) is 0 Å². The van der Waals surface area contributed by atoms with E-state index in [4.69, 9.17) is 9.97 Å². The van der Waals surface area contributed by atoms with Gasteiger partial charge in [0.15, 0.2) is 5.16 Å². The fourth-order valence-electron chi connectivity index (χ4n) is 4.03. The number of nitrogens with zero attached hydrogens (tertiary/aromatic N) is 3. The van der Waals surface area contributed by atoms with E-state index in [1.54, 1.807) is 11.8 Å². The Hall–Kier alpha value is -2.86. The summed E-state index contributed by atoms with van der Waals surface area (Å²) >= 11 is 1.63. The molecule has 0 aliphatic carbocycles. The van der Waals surface area contributed by atoms with Crippen molar-refractivity contribution in [2.24, 2.45) is 0 Å². The van der Waals surface area contributed by atoms with Gasteiger partial charge in [0.25, 0.3) is 5.91 Å². The number of carbonyl (C=O) groups is 1. The summed E-state index contributed by atoms with van der Waals surface area (Å²) in [5.74, 6) is 1.68. The van der Waals surface area contributed by atoms with Gasteiger partial charge in [-0.1, -0.05) is 75.0 Å². The van der Waals surface area contributed by atoms with Crippen molar-refractivity contribution in [2.45, 2.75) is 62.9 Å². The predicted molar refractivity (Wildman–Crippen MR) is 141 cm³/mol. The molecule has 1 atom stereocenters. The topological polar surface area (TPSA) is 58.1 Å². The lowest BCUT2D eigenvalue weighted by atomic mass is 9.92. The molecule has 0 radical (unpaired) electrons. The number of amides is 1. The molecule has 0 unspecified atom stereocenters. The van der Waals surface area contributed by atoms with Gasteiger partial charge in [-0.3, -0.25) is 4.79 Å². The summed E-state index contributed by atoms with van der Waals surface area (Å²) in [5, 5.41) is 3.89. The molecule has 1 saturated heterocycles. The molecule has 2 aromatic carbocycles. The molecular formula is C28H34N4OS. The van der Waals surface area contributed by atoms with E-state index < -0.39 is 0 Å². The van der Waals surface area contributed by atoms with Crippen LogP contribution in [0.5, 0.6) is 0 Å². The summed E-state index contributed by atoms with van der Waals surface area (Å²) in [6.07, 6.45) is 2.43. The summed E-state index contributed by atoms with van der Waals surface area (Å²) in [5.41, 5.74) is 3.86. The highest BCUT2D eigenvalue weighted by molar-refractivity contribution is 7.98. The summed E-state index contributed by atoms with van der Waals surface area (Å²) in [6, 6.07) is 19.9. The fourth-order valence-corrected chi connectivity index (χ4v) is 4.82. The Kier molecular flexibility index (Phi) is 7.57. The van der Waals surface area contributed by atoms with Crippen LogP contribution in [-0.2, 0) is 11.2 Å². The van der Waals surface area contributed by atoms with Gasteiger partial charge in [0.1, 0.15) is 5.82 Å². The Bertz CT molecular complexity index is 1120. The predicted octanol–water partition coefficient (Wildman–Crippen LogP) is 6.16. The molecule has 0 saturated carbocycles. The molecule has 2 heterocycles. The van der Waals surface area contributed by atoms with Crippen molar-refractivity contribution >= 4 is 23.5 Å². The second kappa shape index (κ2) is 10.6. The normalized spacial score (nSPS) is 14.8. The van der Waals surface area contributed by atoms with Crippen LogP contribution in [0, 0.1) is 0 Å². The van der Waals surface area contributed by atoms with Crippen molar-refractivity contribution in [1.82, 2.24) is 15.3 Å². The minimum absolute atomic E-state index is 0.0415. The van der Waals surface area contributed by atoms with E-state index in [2.05, 4.69) is 43.1 Å². The van der Waals surface area contributed by atoms with Crippen LogP contribution in [0.3, 0.4) is 0 Å². The standard InChI is InChI=1S/C28H34N4OS/c1-20(22-12-6-5-7-13-22)29-26(33)23-14-10-11-21(17-23)19-34-27-30-24(28(2,3)4)18-25(31-27)32-15-8-9-16-32/h5-7,10-14,17-18,20H,8-9,15-16,19H2,1-4H3,(H,29,33)/t20-/m1/s1. The van der Waals surface area contributed by atoms with E-state index in [9.17, 15) is 4.79 Å². The minimum Gasteiger partial charge on any atom is -0.356 e. The molecule has 0 spiro atoms. The molecule has 1 aliphatic rings. The highest BCUT2D eigenvalue weighted by Crippen LogP contribution is 2.29. The number of carbonyl (C=O) groups excluding carboxylic acids is 1. The van der Waals surface area contributed by atoms with Crippen LogP contribution in [-0.4, -0.2) is 29.0 Å². The third kappa shape index (κ3) is 6.17. The number of hydrogen-bond acceptors (Lipinski definition) is 5. The molecule has 1 aromatic heterocycles. The van der Waals surface area contributed by atoms with Gasteiger partial charge >= 0.3 is 0 Å². The molecule has 1 fully saturated rings. The maximum absolute atomic E-state index is 12.9. The van der Waals surface area contributed by atoms with Crippen LogP contribution in [0.4, 0.5) is 5.82 Å². The number of benzene rings is 2. The largest absolute Gasteiger partial charge is 0.356 e. The molecule has 4 rings (SSSR count). The first-order chi connectivity index (χ1) is 16.3. The van der Waals surface area contributed by atoms with Gasteiger partial charge in [-0.15, -0.1) is 0 Å².